The SMILES string of the molecule is O=C(NCCN1CCN(c2ccc(F)cc2)CC1)c1ccc(S(=O)(=O)NC2CC2)cc1. The molecule has 1 aliphatic heterocycles. The van der Waals surface area contributed by atoms with Gasteiger partial charge in [0.15, 0.2) is 0 Å². The summed E-state index contributed by atoms with van der Waals surface area (Å²) in [7, 11) is -3.51. The number of carbonyl (C=O) groups is 1. The lowest BCUT2D eigenvalue weighted by molar-refractivity contribution is 0.0947. The molecular formula is C22H27FN4O3S. The van der Waals surface area contributed by atoms with Gasteiger partial charge in [-0.15, -0.1) is 0 Å². The topological polar surface area (TPSA) is 81.8 Å². The number of anilines is 1. The van der Waals surface area contributed by atoms with Crippen molar-refractivity contribution in [2.24, 2.45) is 0 Å². The number of nitrogens with zero attached hydrogens (tertiary/aromatic N) is 2. The third-order valence-electron chi connectivity index (χ3n) is 5.60. The lowest BCUT2D eigenvalue weighted by Crippen LogP contribution is -2.48. The Labute approximate surface area is 182 Å². The molecule has 2 N–H and O–H groups in total. The highest BCUT2D eigenvalue weighted by Gasteiger charge is 2.28. The summed E-state index contributed by atoms with van der Waals surface area (Å²) in [6.45, 7) is 4.69. The molecule has 0 unspecified atom stereocenters. The van der Waals surface area contributed by atoms with E-state index in [0.29, 0.717) is 12.1 Å². The van der Waals surface area contributed by atoms with Crippen molar-refractivity contribution in [2.45, 2.75) is 23.8 Å². The van der Waals surface area contributed by atoms with Crippen LogP contribution in [0.15, 0.2) is 53.4 Å². The molecule has 9 heteroatoms. The second-order valence-electron chi connectivity index (χ2n) is 7.98. The minimum Gasteiger partial charge on any atom is -0.369 e. The molecule has 0 atom stereocenters. The molecule has 1 amide bonds. The zero-order valence-corrected chi connectivity index (χ0v) is 18.1. The molecule has 1 saturated heterocycles. The Morgan fingerprint density at radius 3 is 2.23 bits per heavy atom. The first kappa shape index (κ1) is 21.7. The summed E-state index contributed by atoms with van der Waals surface area (Å²) < 4.78 is 40.1. The average molecular weight is 447 g/mol. The van der Waals surface area contributed by atoms with Crippen molar-refractivity contribution in [3.8, 4) is 0 Å². The van der Waals surface area contributed by atoms with Gasteiger partial charge in [-0.3, -0.25) is 9.69 Å². The van der Waals surface area contributed by atoms with Crippen molar-refractivity contribution >= 4 is 21.6 Å². The van der Waals surface area contributed by atoms with Crippen LogP contribution in [0.3, 0.4) is 0 Å². The largest absolute Gasteiger partial charge is 0.369 e. The second kappa shape index (κ2) is 9.33. The fraction of sp³-hybridized carbons (Fsp3) is 0.409. The summed E-state index contributed by atoms with van der Waals surface area (Å²) in [6, 6.07) is 12.6. The van der Waals surface area contributed by atoms with Crippen LogP contribution in [0.1, 0.15) is 23.2 Å². The summed E-state index contributed by atoms with van der Waals surface area (Å²) in [5, 5.41) is 2.89. The standard InChI is InChI=1S/C22H27FN4O3S/c23-18-3-7-20(8-4-18)27-15-13-26(14-16-27)12-11-24-22(28)17-1-9-21(10-2-17)31(29,30)25-19-5-6-19/h1-4,7-10,19,25H,5-6,11-16H2,(H,24,28). The lowest BCUT2D eigenvalue weighted by atomic mass is 10.2. The number of hydrogen-bond donors (Lipinski definition) is 2. The normalized spacial score (nSPS) is 17.5. The number of rotatable bonds is 8. The quantitative estimate of drug-likeness (QED) is 0.647. The van der Waals surface area contributed by atoms with E-state index in [4.69, 9.17) is 0 Å². The van der Waals surface area contributed by atoms with Crippen LogP contribution < -0.4 is 14.9 Å². The number of sulfonamides is 1. The minimum atomic E-state index is -3.51. The fourth-order valence-electron chi connectivity index (χ4n) is 3.59. The smallest absolute Gasteiger partial charge is 0.251 e. The van der Waals surface area contributed by atoms with Crippen LogP contribution in [0, 0.1) is 5.82 Å². The molecule has 0 spiro atoms. The van der Waals surface area contributed by atoms with Crippen LogP contribution in [0.2, 0.25) is 0 Å². The molecule has 166 valence electrons. The Hall–Kier alpha value is -2.49. The van der Waals surface area contributed by atoms with Gasteiger partial charge in [0.2, 0.25) is 10.0 Å². The number of nitrogens with one attached hydrogen (secondary N) is 2. The molecule has 2 aromatic carbocycles. The highest BCUT2D eigenvalue weighted by atomic mass is 32.2. The first-order chi connectivity index (χ1) is 14.9. The Morgan fingerprint density at radius 1 is 0.968 bits per heavy atom. The van der Waals surface area contributed by atoms with Gasteiger partial charge in [0.1, 0.15) is 5.82 Å². The van der Waals surface area contributed by atoms with Crippen LogP contribution in [0.4, 0.5) is 10.1 Å². The Kier molecular flexibility index (Phi) is 6.54. The Morgan fingerprint density at radius 2 is 1.61 bits per heavy atom. The summed E-state index contributed by atoms with van der Waals surface area (Å²) >= 11 is 0. The van der Waals surface area contributed by atoms with E-state index in [0.717, 1.165) is 51.3 Å². The van der Waals surface area contributed by atoms with Crippen LogP contribution in [0.5, 0.6) is 0 Å². The maximum Gasteiger partial charge on any atom is 0.251 e. The third-order valence-corrected chi connectivity index (χ3v) is 7.14. The van der Waals surface area contributed by atoms with Crippen molar-refractivity contribution in [1.29, 1.82) is 0 Å². The maximum atomic E-state index is 13.1. The molecule has 0 radical (unpaired) electrons. The molecule has 0 bridgehead atoms. The van der Waals surface area contributed by atoms with E-state index >= 15 is 0 Å². The molecule has 0 aromatic heterocycles. The lowest BCUT2D eigenvalue weighted by Gasteiger charge is -2.36. The van der Waals surface area contributed by atoms with E-state index in [1.807, 2.05) is 0 Å². The van der Waals surface area contributed by atoms with Crippen LogP contribution in [0.25, 0.3) is 0 Å². The van der Waals surface area contributed by atoms with Gasteiger partial charge in [-0.1, -0.05) is 0 Å². The molecule has 31 heavy (non-hydrogen) atoms. The molecule has 1 saturated carbocycles. The summed E-state index contributed by atoms with van der Waals surface area (Å²) in [6.07, 6.45) is 1.75. The van der Waals surface area contributed by atoms with E-state index in [9.17, 15) is 17.6 Å². The van der Waals surface area contributed by atoms with E-state index in [2.05, 4.69) is 19.8 Å². The molecule has 1 heterocycles. The van der Waals surface area contributed by atoms with Gasteiger partial charge in [0.05, 0.1) is 4.90 Å². The molecule has 2 aromatic rings. The van der Waals surface area contributed by atoms with Gasteiger partial charge in [-0.2, -0.15) is 0 Å². The first-order valence-electron chi connectivity index (χ1n) is 10.5. The van der Waals surface area contributed by atoms with Crippen molar-refractivity contribution in [2.75, 3.05) is 44.2 Å². The number of halogens is 1. The monoisotopic (exact) mass is 446 g/mol. The zero-order chi connectivity index (χ0) is 21.8. The molecule has 1 aliphatic carbocycles. The van der Waals surface area contributed by atoms with Crippen molar-refractivity contribution in [3.63, 3.8) is 0 Å². The highest BCUT2D eigenvalue weighted by Crippen LogP contribution is 2.22. The minimum absolute atomic E-state index is 0.0468. The van der Waals surface area contributed by atoms with Gasteiger partial charge in [-0.05, 0) is 61.4 Å². The highest BCUT2D eigenvalue weighted by molar-refractivity contribution is 7.89. The maximum absolute atomic E-state index is 13.1. The predicted octanol–water partition coefficient (Wildman–Crippen LogP) is 1.82. The van der Waals surface area contributed by atoms with Crippen molar-refractivity contribution in [3.05, 3.63) is 59.9 Å². The third kappa shape index (κ3) is 5.81. The van der Waals surface area contributed by atoms with Gasteiger partial charge >= 0.3 is 0 Å². The number of carbonyl (C=O) groups excluding carboxylic acids is 1. The first-order valence-corrected chi connectivity index (χ1v) is 12.0. The van der Waals surface area contributed by atoms with Crippen LogP contribution in [-0.4, -0.2) is 64.5 Å². The molecule has 2 aliphatic rings. The van der Waals surface area contributed by atoms with Crippen LogP contribution in [-0.2, 0) is 10.0 Å². The second-order valence-corrected chi connectivity index (χ2v) is 9.69. The average Bonchev–Trinajstić information content (AvgIpc) is 3.58. The van der Waals surface area contributed by atoms with E-state index in [-0.39, 0.29) is 22.7 Å². The Bertz CT molecular complexity index is 1000. The number of hydrogen-bond acceptors (Lipinski definition) is 5. The van der Waals surface area contributed by atoms with Gasteiger partial charge in [0.25, 0.3) is 5.91 Å². The Balaban J connectivity index is 1.20. The van der Waals surface area contributed by atoms with Crippen LogP contribution >= 0.6 is 0 Å². The van der Waals surface area contributed by atoms with Crippen molar-refractivity contribution in [1.82, 2.24) is 14.9 Å². The van der Waals surface area contributed by atoms with Gasteiger partial charge in [-0.25, -0.2) is 17.5 Å². The number of benzene rings is 2. The summed E-state index contributed by atoms with van der Waals surface area (Å²) in [5.41, 5.74) is 1.46. The van der Waals surface area contributed by atoms with E-state index in [1.165, 1.54) is 36.4 Å². The number of piperazine rings is 1. The molecule has 7 nitrogen and oxygen atoms in total. The zero-order valence-electron chi connectivity index (χ0n) is 17.3. The fourth-order valence-corrected chi connectivity index (χ4v) is 4.89. The van der Waals surface area contributed by atoms with E-state index < -0.39 is 10.0 Å². The molecular weight excluding hydrogens is 419 g/mol. The van der Waals surface area contributed by atoms with Gasteiger partial charge in [0, 0.05) is 56.6 Å². The summed E-state index contributed by atoms with van der Waals surface area (Å²) in [4.78, 5) is 17.0. The van der Waals surface area contributed by atoms with Crippen molar-refractivity contribution < 1.29 is 17.6 Å². The summed E-state index contributed by atoms with van der Waals surface area (Å²) in [5.74, 6) is -0.451. The van der Waals surface area contributed by atoms with E-state index in [1.54, 1.807) is 12.1 Å². The molecule has 2 fully saturated rings. The molecule has 4 rings (SSSR count). The number of amides is 1. The predicted molar refractivity (Wildman–Crippen MR) is 117 cm³/mol. The van der Waals surface area contributed by atoms with Gasteiger partial charge < -0.3 is 10.2 Å².